The molecule has 3 aromatic carbocycles. The molecule has 0 aliphatic heterocycles. The van der Waals surface area contributed by atoms with E-state index >= 15 is 0 Å². The van der Waals surface area contributed by atoms with Gasteiger partial charge in [0.25, 0.3) is 0 Å². The van der Waals surface area contributed by atoms with Crippen LogP contribution < -0.4 is 0 Å². The molecule has 0 aliphatic carbocycles. The fourth-order valence-electron chi connectivity index (χ4n) is 2.65. The Labute approximate surface area is 201 Å². The van der Waals surface area contributed by atoms with Gasteiger partial charge >= 0.3 is 36.7 Å². The van der Waals surface area contributed by atoms with Crippen LogP contribution >= 0.6 is 17.8 Å². The van der Waals surface area contributed by atoms with Crippen molar-refractivity contribution in [1.82, 2.24) is 9.97 Å². The molecule has 2 nitrogen and oxygen atoms in total. The first-order chi connectivity index (χ1) is 15.2. The van der Waals surface area contributed by atoms with Crippen LogP contribution in [0.15, 0.2) is 97.3 Å². The molecule has 2 aromatic heterocycles. The number of nitrogens with zero attached hydrogens (tertiary/aromatic N) is 2. The molecule has 0 bridgehead atoms. The van der Waals surface area contributed by atoms with Crippen molar-refractivity contribution in [2.45, 2.75) is 13.8 Å². The Morgan fingerprint density at radius 2 is 1.06 bits per heavy atom. The van der Waals surface area contributed by atoms with Crippen LogP contribution in [0.3, 0.4) is 0 Å². The van der Waals surface area contributed by atoms with E-state index in [-0.39, 0.29) is 0 Å². The number of rotatable bonds is 0. The summed E-state index contributed by atoms with van der Waals surface area (Å²) in [5.41, 5.74) is 4.49. The molecule has 0 amide bonds. The third kappa shape index (κ3) is 9.26. The van der Waals surface area contributed by atoms with Crippen molar-refractivity contribution in [3.8, 4) is 0 Å². The van der Waals surface area contributed by atoms with Crippen molar-refractivity contribution >= 4 is 58.5 Å². The number of aryl methyl sites for hydroxylation is 2. The third-order valence-corrected chi connectivity index (χ3v) is 4.07. The van der Waals surface area contributed by atoms with E-state index in [4.69, 9.17) is 17.8 Å². The largest absolute Gasteiger partial charge is 0.254 e. The number of pyridine rings is 2. The second-order valence-electron chi connectivity index (χ2n) is 6.45. The number of halogens is 2. The van der Waals surface area contributed by atoms with Gasteiger partial charge in [-0.3, -0.25) is 9.97 Å². The molecule has 0 aliphatic rings. The number of aromatic nitrogens is 2. The zero-order valence-electron chi connectivity index (χ0n) is 17.4. The van der Waals surface area contributed by atoms with Crippen molar-refractivity contribution in [3.05, 3.63) is 121 Å². The van der Waals surface area contributed by atoms with E-state index in [0.29, 0.717) is 0 Å². The zero-order chi connectivity index (χ0) is 22.3. The average Bonchev–Trinajstić information content (AvgIpc) is 2.81. The summed E-state index contributed by atoms with van der Waals surface area (Å²) in [5.74, 6) is 0. The smallest absolute Gasteiger partial charge is 0.0964 e. The molecule has 0 N–H and O–H groups in total. The second-order valence-corrected chi connectivity index (χ2v) is 10.7. The quantitative estimate of drug-likeness (QED) is 0.114. The topological polar surface area (TPSA) is 25.8 Å². The van der Waals surface area contributed by atoms with Gasteiger partial charge in [-0.1, -0.05) is 38.1 Å². The zero-order valence-corrected chi connectivity index (χ0v) is 21.8. The first kappa shape index (κ1) is 25.1. The Bertz CT molecular complexity index is 1060. The average molecular weight is 552 g/mol. The molecule has 31 heavy (non-hydrogen) atoms. The maximum absolute atomic E-state index is 4.93. The van der Waals surface area contributed by atoms with Crippen LogP contribution in [0, 0.1) is 26.0 Å². The third-order valence-electron chi connectivity index (χ3n) is 4.07. The van der Waals surface area contributed by atoms with Crippen LogP contribution in [0.25, 0.3) is 21.8 Å². The normalized spacial score (nSPS) is 9.16. The number of benzene rings is 3. The van der Waals surface area contributed by atoms with Gasteiger partial charge in [-0.25, -0.2) is 0 Å². The molecule has 0 unspecified atom stereocenters. The Hall–Kier alpha value is -2.14. The molecule has 5 rings (SSSR count). The summed E-state index contributed by atoms with van der Waals surface area (Å²) in [6.07, 6.45) is 3.60. The van der Waals surface area contributed by atoms with Crippen molar-refractivity contribution in [2.24, 2.45) is 0 Å². The second kappa shape index (κ2) is 14.8. The molecule has 5 aromatic rings. The minimum Gasteiger partial charge on any atom is -0.254 e. The monoisotopic (exact) mass is 552 g/mol. The van der Waals surface area contributed by atoms with E-state index in [2.05, 4.69) is 72.3 Å². The summed E-state index contributed by atoms with van der Waals surface area (Å²) in [4.78, 5) is 8.69. The maximum atomic E-state index is 4.93. The van der Waals surface area contributed by atoms with Gasteiger partial charge in [-0.05, 0) is 12.1 Å². The van der Waals surface area contributed by atoms with Gasteiger partial charge < -0.3 is 0 Å². The van der Waals surface area contributed by atoms with Gasteiger partial charge in [0.1, 0.15) is 0 Å². The summed E-state index contributed by atoms with van der Waals surface area (Å²) in [7, 11) is 9.87. The van der Waals surface area contributed by atoms with Crippen molar-refractivity contribution in [1.29, 1.82) is 0 Å². The summed E-state index contributed by atoms with van der Waals surface area (Å²) in [6.45, 7) is 4.10. The fourth-order valence-corrected chi connectivity index (χ4v) is 2.65. The molecule has 0 saturated carbocycles. The number of hydrogen-bond donors (Lipinski definition) is 0. The maximum Gasteiger partial charge on any atom is 0.0964 e. The SMILES string of the molecule is Cc1c[c-]ccc1.Cc1c[c-]ccc1.[Cl][Sn+2][Cl].c1cnc2c(c1)ccc1cccnc12. The molecule has 0 spiro atoms. The minimum absolute atomic E-state index is 0.826. The van der Waals surface area contributed by atoms with Gasteiger partial charge in [-0.15, -0.1) is 0 Å². The molecule has 5 heteroatoms. The number of hydrogen-bond acceptors (Lipinski definition) is 2. The predicted molar refractivity (Wildman–Crippen MR) is 135 cm³/mol. The van der Waals surface area contributed by atoms with Crippen LogP contribution in [0.2, 0.25) is 0 Å². The van der Waals surface area contributed by atoms with Crippen LogP contribution in [-0.4, -0.2) is 28.9 Å². The molecular weight excluding hydrogens is 530 g/mol. The Kier molecular flexibility index (Phi) is 12.0. The summed E-state index contributed by atoms with van der Waals surface area (Å²) < 4.78 is 0. The van der Waals surface area contributed by atoms with Gasteiger partial charge in [0.05, 0.1) is 11.0 Å². The van der Waals surface area contributed by atoms with Crippen molar-refractivity contribution < 1.29 is 0 Å². The van der Waals surface area contributed by atoms with Crippen LogP contribution in [0.1, 0.15) is 11.1 Å². The number of fused-ring (bicyclic) bond motifs is 3. The molecule has 0 radical (unpaired) electrons. The van der Waals surface area contributed by atoms with Gasteiger partial charge in [0, 0.05) is 23.2 Å². The first-order valence-electron chi connectivity index (χ1n) is 9.56. The van der Waals surface area contributed by atoms with Crippen LogP contribution in [-0.2, 0) is 0 Å². The van der Waals surface area contributed by atoms with E-state index in [1.54, 1.807) is 12.4 Å². The van der Waals surface area contributed by atoms with E-state index < -0.39 is 18.9 Å². The van der Waals surface area contributed by atoms with E-state index in [1.807, 2.05) is 48.5 Å². The van der Waals surface area contributed by atoms with Crippen LogP contribution in [0.4, 0.5) is 0 Å². The molecule has 2 heterocycles. The summed E-state index contributed by atoms with van der Waals surface area (Å²) in [5, 5.41) is 2.28. The molecule has 0 saturated heterocycles. The minimum atomic E-state index is -0.826. The standard InChI is InChI=1S/C12H8N2.2C7H7.2ClH.Sn/c1-3-9-5-6-10-4-2-8-14-12(10)11(9)13-7-1;2*1-7-5-3-2-4-6-7;;;/h1-8H;2*2-3,5-6H,1H3;2*1H;/q;2*-1;;;+4/p-2. The van der Waals surface area contributed by atoms with Crippen molar-refractivity contribution in [2.75, 3.05) is 0 Å². The summed E-state index contributed by atoms with van der Waals surface area (Å²) in [6, 6.07) is 33.8. The summed E-state index contributed by atoms with van der Waals surface area (Å²) >= 11 is -0.826. The molecule has 0 atom stereocenters. The van der Waals surface area contributed by atoms with E-state index in [0.717, 1.165) is 21.8 Å². The molecule has 154 valence electrons. The van der Waals surface area contributed by atoms with E-state index in [9.17, 15) is 0 Å². The Morgan fingerprint density at radius 3 is 1.35 bits per heavy atom. The van der Waals surface area contributed by atoms with Crippen molar-refractivity contribution in [3.63, 3.8) is 0 Å². The van der Waals surface area contributed by atoms with Gasteiger partial charge in [0.15, 0.2) is 0 Å². The fraction of sp³-hybridized carbons (Fsp3) is 0.0769. The van der Waals surface area contributed by atoms with Gasteiger partial charge in [0.2, 0.25) is 0 Å². The molecular formula is C26H22Cl2N2Sn. The Morgan fingerprint density at radius 1 is 0.645 bits per heavy atom. The predicted octanol–water partition coefficient (Wildman–Crippen LogP) is 7.37. The molecule has 0 fully saturated rings. The van der Waals surface area contributed by atoms with Gasteiger partial charge in [-0.2, -0.15) is 71.8 Å². The van der Waals surface area contributed by atoms with E-state index in [1.165, 1.54) is 11.1 Å². The Balaban J connectivity index is 0.000000170. The van der Waals surface area contributed by atoms with Crippen LogP contribution in [0.5, 0.6) is 0 Å². The first-order valence-corrected chi connectivity index (χ1v) is 16.8.